The molecule has 0 heterocycles. The summed E-state index contributed by atoms with van der Waals surface area (Å²) in [6.07, 6.45) is 10.2. The minimum Gasteiger partial charge on any atom is -0.321 e. The minimum absolute atomic E-state index is 0.0974. The number of nitrogens with zero attached hydrogens (tertiary/aromatic N) is 1. The van der Waals surface area contributed by atoms with Gasteiger partial charge in [0.2, 0.25) is 0 Å². The first-order valence-electron chi connectivity index (χ1n) is 10.8. The van der Waals surface area contributed by atoms with Crippen LogP contribution in [-0.4, -0.2) is 11.6 Å². The molecular formula is C24H42N2O. The fraction of sp³-hybridized carbons (Fsp3) is 0.750. The van der Waals surface area contributed by atoms with Crippen LogP contribution in [0.2, 0.25) is 0 Å². The van der Waals surface area contributed by atoms with Crippen LogP contribution in [0.3, 0.4) is 0 Å². The van der Waals surface area contributed by atoms with E-state index in [1.807, 2.05) is 13.8 Å². The standard InChI is InChI=1S/C22H36N2O.C2H6/c1-15(2)17(4)21(5)13-7-8-19(22(21,6)23)11-10-18-14-20(24-25)12-9-16(18)3;1-2/h10-11,15,17,20H,3,7-9,12-14,23H2,1-2,4-6H3;1-2H3/b18-10-,19-11+;/t17?,20-,21+,22+;/m0./s1. The molecule has 2 saturated carbocycles. The van der Waals surface area contributed by atoms with E-state index >= 15 is 0 Å². The Morgan fingerprint density at radius 3 is 2.37 bits per heavy atom. The highest BCUT2D eigenvalue weighted by atomic mass is 16.3. The summed E-state index contributed by atoms with van der Waals surface area (Å²) >= 11 is 0. The molecule has 0 aliphatic heterocycles. The highest BCUT2D eigenvalue weighted by Gasteiger charge is 2.49. The van der Waals surface area contributed by atoms with Crippen molar-refractivity contribution in [3.8, 4) is 0 Å². The van der Waals surface area contributed by atoms with Gasteiger partial charge in [0.25, 0.3) is 0 Å². The molecule has 0 aromatic carbocycles. The number of nitrogens with two attached hydrogens (primary N) is 1. The SMILES string of the molecule is C=C1CC[C@H](N=O)C/C1=C/C=C1\CCC[C@](C)(C(C)C(C)C)[C@]1(C)N.CC. The summed E-state index contributed by atoms with van der Waals surface area (Å²) in [5, 5.41) is 3.24. The molecule has 2 fully saturated rings. The molecule has 0 saturated heterocycles. The summed E-state index contributed by atoms with van der Waals surface area (Å²) in [5.74, 6) is 1.18. The lowest BCUT2D eigenvalue weighted by molar-refractivity contribution is 0.0458. The van der Waals surface area contributed by atoms with E-state index in [0.29, 0.717) is 18.3 Å². The fourth-order valence-electron chi connectivity index (χ4n) is 4.70. The van der Waals surface area contributed by atoms with E-state index in [-0.39, 0.29) is 17.0 Å². The normalized spacial score (nSPS) is 35.7. The van der Waals surface area contributed by atoms with E-state index in [1.54, 1.807) is 0 Å². The van der Waals surface area contributed by atoms with Crippen LogP contribution >= 0.6 is 0 Å². The van der Waals surface area contributed by atoms with Gasteiger partial charge < -0.3 is 5.73 Å². The molecule has 2 aliphatic rings. The van der Waals surface area contributed by atoms with Crippen LogP contribution in [0.4, 0.5) is 0 Å². The van der Waals surface area contributed by atoms with Gasteiger partial charge in [-0.1, -0.05) is 76.6 Å². The van der Waals surface area contributed by atoms with E-state index in [9.17, 15) is 4.91 Å². The number of rotatable bonds is 4. The lowest BCUT2D eigenvalue weighted by Crippen LogP contribution is -2.58. The van der Waals surface area contributed by atoms with E-state index in [1.165, 1.54) is 24.0 Å². The second kappa shape index (κ2) is 9.82. The number of hydrogen-bond acceptors (Lipinski definition) is 3. The van der Waals surface area contributed by atoms with E-state index in [0.717, 1.165) is 24.8 Å². The predicted molar refractivity (Wildman–Crippen MR) is 119 cm³/mol. The lowest BCUT2D eigenvalue weighted by atomic mass is 9.54. The molecule has 2 aliphatic carbocycles. The molecule has 0 radical (unpaired) electrons. The van der Waals surface area contributed by atoms with Gasteiger partial charge in [0.05, 0.1) is 6.04 Å². The molecular weight excluding hydrogens is 332 g/mol. The monoisotopic (exact) mass is 374 g/mol. The summed E-state index contributed by atoms with van der Waals surface area (Å²) in [4.78, 5) is 10.9. The number of hydrogen-bond donors (Lipinski definition) is 1. The summed E-state index contributed by atoms with van der Waals surface area (Å²) in [6, 6.07) is -0.100. The summed E-state index contributed by atoms with van der Waals surface area (Å²) in [5.41, 5.74) is 10.4. The molecule has 3 nitrogen and oxygen atoms in total. The van der Waals surface area contributed by atoms with E-state index in [2.05, 4.69) is 58.5 Å². The van der Waals surface area contributed by atoms with E-state index in [4.69, 9.17) is 5.73 Å². The zero-order chi connectivity index (χ0) is 20.8. The van der Waals surface area contributed by atoms with Crippen molar-refractivity contribution in [1.29, 1.82) is 0 Å². The zero-order valence-electron chi connectivity index (χ0n) is 18.8. The molecule has 4 atom stereocenters. The molecule has 2 N–H and O–H groups in total. The van der Waals surface area contributed by atoms with Gasteiger partial charge in [0.15, 0.2) is 0 Å². The maximum absolute atomic E-state index is 10.9. The molecule has 0 spiro atoms. The summed E-state index contributed by atoms with van der Waals surface area (Å²) < 4.78 is 0. The third-order valence-electron chi connectivity index (χ3n) is 7.32. The average molecular weight is 375 g/mol. The molecule has 2 rings (SSSR count). The third kappa shape index (κ3) is 4.99. The van der Waals surface area contributed by atoms with Crippen molar-refractivity contribution in [2.45, 2.75) is 98.6 Å². The van der Waals surface area contributed by atoms with Crippen molar-refractivity contribution in [2.24, 2.45) is 28.2 Å². The van der Waals surface area contributed by atoms with Crippen molar-refractivity contribution in [3.63, 3.8) is 0 Å². The Bertz CT molecular complexity index is 585. The molecule has 154 valence electrons. The molecule has 3 heteroatoms. The van der Waals surface area contributed by atoms with Crippen LogP contribution in [0, 0.1) is 22.2 Å². The Labute approximate surface area is 167 Å². The Kier molecular flexibility index (Phi) is 8.66. The van der Waals surface area contributed by atoms with Crippen LogP contribution < -0.4 is 5.73 Å². The highest BCUT2D eigenvalue weighted by Crippen LogP contribution is 2.52. The maximum atomic E-state index is 10.9. The minimum atomic E-state index is -0.315. The number of nitroso groups, excluding NO2 is 1. The zero-order valence-corrected chi connectivity index (χ0v) is 18.8. The average Bonchev–Trinajstić information content (AvgIpc) is 2.65. The van der Waals surface area contributed by atoms with Crippen molar-refractivity contribution in [3.05, 3.63) is 40.4 Å². The molecule has 0 bridgehead atoms. The van der Waals surface area contributed by atoms with Crippen molar-refractivity contribution in [2.75, 3.05) is 0 Å². The lowest BCUT2D eigenvalue weighted by Gasteiger charge is -2.54. The van der Waals surface area contributed by atoms with Crippen LogP contribution in [0.25, 0.3) is 0 Å². The van der Waals surface area contributed by atoms with Gasteiger partial charge in [-0.3, -0.25) is 0 Å². The van der Waals surface area contributed by atoms with Crippen LogP contribution in [-0.2, 0) is 0 Å². The van der Waals surface area contributed by atoms with Crippen LogP contribution in [0.5, 0.6) is 0 Å². The van der Waals surface area contributed by atoms with Crippen molar-refractivity contribution >= 4 is 0 Å². The summed E-state index contributed by atoms with van der Waals surface area (Å²) in [6.45, 7) is 19.7. The Hall–Kier alpha value is -1.22. The molecule has 0 amide bonds. The molecule has 27 heavy (non-hydrogen) atoms. The largest absolute Gasteiger partial charge is 0.321 e. The Morgan fingerprint density at radius 2 is 1.81 bits per heavy atom. The first-order chi connectivity index (χ1) is 12.6. The second-order valence-corrected chi connectivity index (χ2v) is 9.00. The second-order valence-electron chi connectivity index (χ2n) is 9.00. The Morgan fingerprint density at radius 1 is 1.19 bits per heavy atom. The quantitative estimate of drug-likeness (QED) is 0.542. The first-order valence-corrected chi connectivity index (χ1v) is 10.8. The maximum Gasteiger partial charge on any atom is 0.0963 e. The third-order valence-corrected chi connectivity index (χ3v) is 7.32. The van der Waals surface area contributed by atoms with Crippen molar-refractivity contribution < 1.29 is 0 Å². The van der Waals surface area contributed by atoms with Gasteiger partial charge in [0, 0.05) is 5.54 Å². The van der Waals surface area contributed by atoms with Gasteiger partial charge in [-0.15, -0.1) is 0 Å². The molecule has 0 aromatic rings. The summed E-state index contributed by atoms with van der Waals surface area (Å²) in [7, 11) is 0. The fourth-order valence-corrected chi connectivity index (χ4v) is 4.70. The Balaban J connectivity index is 0.00000176. The van der Waals surface area contributed by atoms with Crippen molar-refractivity contribution in [1.82, 2.24) is 0 Å². The van der Waals surface area contributed by atoms with Gasteiger partial charge in [-0.2, -0.15) is 4.91 Å². The smallest absolute Gasteiger partial charge is 0.0963 e. The number of allylic oxidation sites excluding steroid dienone is 3. The highest BCUT2D eigenvalue weighted by molar-refractivity contribution is 5.38. The van der Waals surface area contributed by atoms with Gasteiger partial charge >= 0.3 is 0 Å². The van der Waals surface area contributed by atoms with Crippen LogP contribution in [0.15, 0.2) is 40.6 Å². The van der Waals surface area contributed by atoms with Crippen LogP contribution in [0.1, 0.15) is 87.0 Å². The predicted octanol–water partition coefficient (Wildman–Crippen LogP) is 6.94. The van der Waals surface area contributed by atoms with Gasteiger partial charge in [-0.25, -0.2) is 0 Å². The van der Waals surface area contributed by atoms with Gasteiger partial charge in [-0.05, 0) is 68.3 Å². The molecule has 1 unspecified atom stereocenters. The van der Waals surface area contributed by atoms with Gasteiger partial charge in [0.1, 0.15) is 0 Å². The van der Waals surface area contributed by atoms with E-state index < -0.39 is 0 Å². The topological polar surface area (TPSA) is 55.5 Å². The first kappa shape index (κ1) is 23.8. The molecule has 0 aromatic heterocycles.